The van der Waals surface area contributed by atoms with Gasteiger partial charge in [0.05, 0.1) is 29.9 Å². The van der Waals surface area contributed by atoms with Crippen LogP contribution >= 0.6 is 0 Å². The fraction of sp³-hybridized carbons (Fsp3) is 0.0769. The molecule has 0 saturated heterocycles. The monoisotopic (exact) mass is 557 g/mol. The van der Waals surface area contributed by atoms with Crippen molar-refractivity contribution < 1.29 is 4.74 Å². The zero-order valence-corrected chi connectivity index (χ0v) is 24.2. The number of imidazole rings is 1. The number of hydrogen-bond donors (Lipinski definition) is 1. The number of nitrogens with zero attached hydrogens (tertiary/aromatic N) is 2. The maximum atomic E-state index is 5.83. The maximum absolute atomic E-state index is 5.83. The molecule has 4 nitrogen and oxygen atoms in total. The average Bonchev–Trinajstić information content (AvgIpc) is 3.72. The fourth-order valence-corrected chi connectivity index (χ4v) is 5.82. The second-order valence-corrected chi connectivity index (χ2v) is 10.7. The maximum Gasteiger partial charge on any atom is 0.139 e. The van der Waals surface area contributed by atoms with Crippen LogP contribution in [-0.2, 0) is 0 Å². The third-order valence-corrected chi connectivity index (χ3v) is 7.96. The van der Waals surface area contributed by atoms with Crippen molar-refractivity contribution in [1.29, 1.82) is 0 Å². The first kappa shape index (κ1) is 26.4. The summed E-state index contributed by atoms with van der Waals surface area (Å²) in [5.74, 6) is 1.63. The Morgan fingerprint density at radius 3 is 1.79 bits per heavy atom. The van der Waals surface area contributed by atoms with Crippen LogP contribution in [0.15, 0.2) is 138 Å². The minimum atomic E-state index is 0.700. The van der Waals surface area contributed by atoms with Gasteiger partial charge in [-0.05, 0) is 35.8 Å². The van der Waals surface area contributed by atoms with Crippen molar-refractivity contribution in [1.82, 2.24) is 9.97 Å². The van der Waals surface area contributed by atoms with Gasteiger partial charge >= 0.3 is 0 Å². The van der Waals surface area contributed by atoms with Gasteiger partial charge in [-0.2, -0.15) is 0 Å². The Morgan fingerprint density at radius 1 is 0.628 bits per heavy atom. The Bertz CT molecular complexity index is 1900. The quantitative estimate of drug-likeness (QED) is 0.212. The van der Waals surface area contributed by atoms with E-state index in [4.69, 9.17) is 14.7 Å². The topological polar surface area (TPSA) is 50.3 Å². The van der Waals surface area contributed by atoms with Crippen molar-refractivity contribution in [3.63, 3.8) is 0 Å². The van der Waals surface area contributed by atoms with Crippen molar-refractivity contribution in [2.24, 2.45) is 4.99 Å². The fourth-order valence-electron chi connectivity index (χ4n) is 5.82. The van der Waals surface area contributed by atoms with E-state index in [0.29, 0.717) is 6.42 Å². The Morgan fingerprint density at radius 2 is 1.19 bits per heavy atom. The first-order valence-corrected chi connectivity index (χ1v) is 14.5. The predicted molar refractivity (Wildman–Crippen MR) is 177 cm³/mol. The van der Waals surface area contributed by atoms with Gasteiger partial charge in [0.1, 0.15) is 11.6 Å². The van der Waals surface area contributed by atoms with E-state index in [2.05, 4.69) is 127 Å². The minimum Gasteiger partial charge on any atom is -0.496 e. The van der Waals surface area contributed by atoms with Crippen molar-refractivity contribution in [2.45, 2.75) is 13.3 Å². The molecule has 0 radical (unpaired) electrons. The molecule has 0 atom stereocenters. The number of aryl methyl sites for hydroxylation is 1. The summed E-state index contributed by atoms with van der Waals surface area (Å²) in [6.45, 7) is 2.07. The number of allylic oxidation sites excluding steroid dienone is 1. The number of rotatable bonds is 7. The largest absolute Gasteiger partial charge is 0.496 e. The lowest BCUT2D eigenvalue weighted by molar-refractivity contribution is 0.411. The summed E-state index contributed by atoms with van der Waals surface area (Å²) < 4.78 is 5.83. The van der Waals surface area contributed by atoms with Crippen LogP contribution in [0, 0.1) is 6.92 Å². The van der Waals surface area contributed by atoms with Gasteiger partial charge in [-0.25, -0.2) is 4.98 Å². The van der Waals surface area contributed by atoms with E-state index in [1.54, 1.807) is 7.11 Å². The molecule has 1 aromatic heterocycles. The van der Waals surface area contributed by atoms with Gasteiger partial charge in [0.15, 0.2) is 0 Å². The number of aromatic amines is 1. The Hall–Kier alpha value is -5.48. The van der Waals surface area contributed by atoms with Crippen molar-refractivity contribution in [2.75, 3.05) is 7.11 Å². The molecule has 0 amide bonds. The summed E-state index contributed by atoms with van der Waals surface area (Å²) in [6, 6.07) is 46.0. The van der Waals surface area contributed by atoms with Gasteiger partial charge in [0, 0.05) is 34.2 Å². The molecule has 208 valence electrons. The zero-order valence-electron chi connectivity index (χ0n) is 24.2. The molecule has 0 saturated carbocycles. The summed E-state index contributed by atoms with van der Waals surface area (Å²) in [6.07, 6.45) is 0.700. The number of benzene rings is 5. The Labute approximate surface area is 252 Å². The van der Waals surface area contributed by atoms with Gasteiger partial charge in [0.2, 0.25) is 0 Å². The van der Waals surface area contributed by atoms with Crippen LogP contribution in [0.3, 0.4) is 0 Å². The van der Waals surface area contributed by atoms with Gasteiger partial charge < -0.3 is 9.72 Å². The number of aliphatic imine (C=N–C) groups is 1. The molecule has 2 heterocycles. The molecule has 6 aromatic rings. The van der Waals surface area contributed by atoms with Crippen molar-refractivity contribution in [3.05, 3.63) is 156 Å². The smallest absolute Gasteiger partial charge is 0.139 e. The highest BCUT2D eigenvalue weighted by Crippen LogP contribution is 2.41. The summed E-state index contributed by atoms with van der Waals surface area (Å²) >= 11 is 0. The molecule has 0 unspecified atom stereocenters. The van der Waals surface area contributed by atoms with Crippen LogP contribution < -0.4 is 4.74 Å². The van der Waals surface area contributed by atoms with Crippen molar-refractivity contribution in [3.8, 4) is 39.7 Å². The molecule has 0 aliphatic carbocycles. The van der Waals surface area contributed by atoms with Gasteiger partial charge in [-0.15, -0.1) is 0 Å². The van der Waals surface area contributed by atoms with E-state index >= 15 is 0 Å². The molecule has 0 bridgehead atoms. The first-order chi connectivity index (χ1) is 21.2. The van der Waals surface area contributed by atoms with Crippen LogP contribution in [0.1, 0.15) is 28.7 Å². The van der Waals surface area contributed by atoms with Gasteiger partial charge in [0.25, 0.3) is 0 Å². The number of methoxy groups -OCH3 is 1. The Kier molecular flexibility index (Phi) is 7.02. The number of ether oxygens (including phenoxy) is 1. The second-order valence-electron chi connectivity index (χ2n) is 10.7. The predicted octanol–water partition coefficient (Wildman–Crippen LogP) is 9.49. The molecule has 0 fully saturated rings. The van der Waals surface area contributed by atoms with E-state index in [0.717, 1.165) is 67.8 Å². The van der Waals surface area contributed by atoms with Crippen LogP contribution in [0.5, 0.6) is 5.75 Å². The number of H-pyrrole nitrogens is 1. The highest BCUT2D eigenvalue weighted by Gasteiger charge is 2.26. The molecule has 0 spiro atoms. The zero-order chi connectivity index (χ0) is 29.2. The summed E-state index contributed by atoms with van der Waals surface area (Å²) in [4.78, 5) is 14.3. The highest BCUT2D eigenvalue weighted by molar-refractivity contribution is 6.19. The molecule has 7 rings (SSSR count). The van der Waals surface area contributed by atoms with Crippen LogP contribution in [-0.4, -0.2) is 22.8 Å². The SMILES string of the molecule is COc1cc(C2=NC(c3ccccc3)=C(c3ccccc3)C2)c(-c2nc(-c3ccccc3)c(-c3ccccc3)[nH]2)cc1C. The first-order valence-electron chi connectivity index (χ1n) is 14.5. The summed E-state index contributed by atoms with van der Waals surface area (Å²) in [5.41, 5.74) is 12.6. The van der Waals surface area contributed by atoms with Crippen molar-refractivity contribution >= 4 is 17.0 Å². The Balaban J connectivity index is 1.41. The van der Waals surface area contributed by atoms with E-state index in [-0.39, 0.29) is 0 Å². The number of aromatic nitrogens is 2. The van der Waals surface area contributed by atoms with Gasteiger partial charge in [-0.3, -0.25) is 4.99 Å². The van der Waals surface area contributed by atoms with E-state index in [1.165, 1.54) is 11.1 Å². The molecular weight excluding hydrogens is 526 g/mol. The van der Waals surface area contributed by atoms with Crippen LogP contribution in [0.25, 0.3) is 45.2 Å². The highest BCUT2D eigenvalue weighted by atomic mass is 16.5. The van der Waals surface area contributed by atoms with Crippen LogP contribution in [0.2, 0.25) is 0 Å². The standard InChI is InChI=1S/C39H31N3O/c1-26-23-33(39-41-37(29-19-11-5-12-20-29)38(42-39)30-21-13-6-14-22-30)32(25-35(26)43-2)34-24-31(27-15-7-3-8-16-27)36(40-34)28-17-9-4-10-18-28/h3-23,25H,24H2,1-2H3,(H,41,42). The van der Waals surface area contributed by atoms with E-state index in [1.807, 2.05) is 18.2 Å². The third kappa shape index (κ3) is 5.08. The summed E-state index contributed by atoms with van der Waals surface area (Å²) in [5, 5.41) is 0. The van der Waals surface area contributed by atoms with Crippen LogP contribution in [0.4, 0.5) is 0 Å². The lowest BCUT2D eigenvalue weighted by Gasteiger charge is -2.13. The minimum absolute atomic E-state index is 0.700. The second kappa shape index (κ2) is 11.4. The normalized spacial score (nSPS) is 12.8. The average molecular weight is 558 g/mol. The molecule has 5 aromatic carbocycles. The lowest BCUT2D eigenvalue weighted by Crippen LogP contribution is -2.04. The molecule has 1 aliphatic rings. The molecular formula is C39H31N3O. The number of nitrogens with one attached hydrogen (secondary N) is 1. The molecule has 1 N–H and O–H groups in total. The lowest BCUT2D eigenvalue weighted by atomic mass is 9.93. The molecule has 43 heavy (non-hydrogen) atoms. The number of hydrogen-bond acceptors (Lipinski definition) is 3. The van der Waals surface area contributed by atoms with E-state index < -0.39 is 0 Å². The van der Waals surface area contributed by atoms with E-state index in [9.17, 15) is 0 Å². The van der Waals surface area contributed by atoms with Gasteiger partial charge in [-0.1, -0.05) is 121 Å². The molecule has 1 aliphatic heterocycles. The third-order valence-electron chi connectivity index (χ3n) is 7.96. The summed E-state index contributed by atoms with van der Waals surface area (Å²) in [7, 11) is 1.72. The molecule has 4 heteroatoms.